The summed E-state index contributed by atoms with van der Waals surface area (Å²) in [6.45, 7) is 7.05. The van der Waals surface area contributed by atoms with Crippen molar-refractivity contribution in [3.05, 3.63) is 29.6 Å². The van der Waals surface area contributed by atoms with Crippen molar-refractivity contribution in [2.45, 2.75) is 38.4 Å². The molecule has 0 N–H and O–H groups in total. The molecule has 2 atom stereocenters. The Labute approximate surface area is 128 Å². The van der Waals surface area contributed by atoms with Gasteiger partial charge in [-0.15, -0.1) is 0 Å². The molecule has 1 aromatic rings. The maximum Gasteiger partial charge on any atom is 0.0607 e. The topological polar surface area (TPSA) is 22.6 Å². The van der Waals surface area contributed by atoms with E-state index in [1.54, 1.807) is 0 Å². The maximum atomic E-state index is 4.69. The lowest BCUT2D eigenvalue weighted by Gasteiger charge is -2.44. The molecule has 0 radical (unpaired) electrons. The fraction of sp³-hybridized carbons (Fsp3) is 0.706. The van der Waals surface area contributed by atoms with Crippen LogP contribution < -0.4 is 0 Å². The number of aryl methyl sites for hydroxylation is 1. The third-order valence-electron chi connectivity index (χ3n) is 5.31. The molecule has 21 heavy (non-hydrogen) atoms. The summed E-state index contributed by atoms with van der Waals surface area (Å²) in [4.78, 5) is 12.3. The van der Waals surface area contributed by atoms with Crippen LogP contribution in [0.25, 0.3) is 0 Å². The zero-order valence-corrected chi connectivity index (χ0v) is 13.6. The van der Waals surface area contributed by atoms with Gasteiger partial charge in [0.2, 0.25) is 0 Å². The van der Waals surface area contributed by atoms with Gasteiger partial charge in [0, 0.05) is 32.4 Å². The number of piperazine rings is 1. The number of fused-ring (bicyclic) bond motifs is 1. The number of nitrogens with zero attached hydrogens (tertiary/aromatic N) is 4. The first-order valence-electron chi connectivity index (χ1n) is 8.25. The molecule has 0 saturated carbocycles. The van der Waals surface area contributed by atoms with E-state index in [4.69, 9.17) is 4.98 Å². The van der Waals surface area contributed by atoms with E-state index in [-0.39, 0.29) is 0 Å². The van der Waals surface area contributed by atoms with E-state index >= 15 is 0 Å². The summed E-state index contributed by atoms with van der Waals surface area (Å²) in [5.41, 5.74) is 2.76. The summed E-state index contributed by atoms with van der Waals surface area (Å²) in [6.07, 6.45) is 6.14. The van der Waals surface area contributed by atoms with Crippen molar-refractivity contribution in [2.75, 3.05) is 40.3 Å². The van der Waals surface area contributed by atoms with E-state index in [9.17, 15) is 0 Å². The molecule has 0 spiro atoms. The van der Waals surface area contributed by atoms with Crippen LogP contribution in [0.1, 0.15) is 37.1 Å². The SMILES string of the molecule is CC(N1CCN(C)CC1)N(C)C1CCCc2cccnc21. The van der Waals surface area contributed by atoms with E-state index in [2.05, 4.69) is 47.9 Å². The molecule has 0 amide bonds. The van der Waals surface area contributed by atoms with Crippen LogP contribution in [0.3, 0.4) is 0 Å². The van der Waals surface area contributed by atoms with Gasteiger partial charge in [0.25, 0.3) is 0 Å². The minimum Gasteiger partial charge on any atom is -0.304 e. The lowest BCUT2D eigenvalue weighted by atomic mass is 9.91. The molecule has 3 rings (SSSR count). The number of hydrogen-bond acceptors (Lipinski definition) is 4. The van der Waals surface area contributed by atoms with Gasteiger partial charge >= 0.3 is 0 Å². The lowest BCUT2D eigenvalue weighted by molar-refractivity contribution is 0.00949. The van der Waals surface area contributed by atoms with E-state index in [1.807, 2.05) is 6.20 Å². The highest BCUT2D eigenvalue weighted by Gasteiger charge is 2.30. The Bertz CT molecular complexity index is 468. The van der Waals surface area contributed by atoms with Crippen LogP contribution in [0.2, 0.25) is 0 Å². The normalized spacial score (nSPS) is 25.8. The van der Waals surface area contributed by atoms with Crippen LogP contribution in [0.4, 0.5) is 0 Å². The first kappa shape index (κ1) is 14.9. The van der Waals surface area contributed by atoms with Gasteiger partial charge in [0.1, 0.15) is 0 Å². The zero-order chi connectivity index (χ0) is 14.8. The van der Waals surface area contributed by atoms with Gasteiger partial charge in [-0.3, -0.25) is 14.8 Å². The van der Waals surface area contributed by atoms with Crippen molar-refractivity contribution in [2.24, 2.45) is 0 Å². The molecule has 1 aliphatic heterocycles. The monoisotopic (exact) mass is 288 g/mol. The van der Waals surface area contributed by atoms with Gasteiger partial charge in [0.15, 0.2) is 0 Å². The van der Waals surface area contributed by atoms with Gasteiger partial charge in [-0.25, -0.2) is 0 Å². The number of pyridine rings is 1. The predicted octanol–water partition coefficient (Wildman–Crippen LogP) is 1.98. The smallest absolute Gasteiger partial charge is 0.0607 e. The third kappa shape index (κ3) is 3.12. The fourth-order valence-corrected chi connectivity index (χ4v) is 3.69. The molecule has 116 valence electrons. The second-order valence-corrected chi connectivity index (χ2v) is 6.59. The average Bonchev–Trinajstić information content (AvgIpc) is 2.53. The quantitative estimate of drug-likeness (QED) is 0.848. The Morgan fingerprint density at radius 1 is 1.29 bits per heavy atom. The molecular weight excluding hydrogens is 260 g/mol. The summed E-state index contributed by atoms with van der Waals surface area (Å²) >= 11 is 0. The highest BCUT2D eigenvalue weighted by atomic mass is 15.4. The molecule has 4 heteroatoms. The Morgan fingerprint density at radius 2 is 2.05 bits per heavy atom. The Hall–Kier alpha value is -0.970. The molecule has 2 unspecified atom stereocenters. The van der Waals surface area contributed by atoms with Gasteiger partial charge in [-0.2, -0.15) is 0 Å². The lowest BCUT2D eigenvalue weighted by Crippen LogP contribution is -2.54. The Kier molecular flexibility index (Phi) is 4.57. The average molecular weight is 288 g/mol. The van der Waals surface area contributed by atoms with Crippen molar-refractivity contribution in [3.8, 4) is 0 Å². The predicted molar refractivity (Wildman–Crippen MR) is 86.2 cm³/mol. The minimum absolute atomic E-state index is 0.476. The highest BCUT2D eigenvalue weighted by Crippen LogP contribution is 2.33. The number of hydrogen-bond donors (Lipinski definition) is 0. The summed E-state index contributed by atoms with van der Waals surface area (Å²) < 4.78 is 0. The second kappa shape index (κ2) is 6.42. The summed E-state index contributed by atoms with van der Waals surface area (Å²) in [5.74, 6) is 0. The largest absolute Gasteiger partial charge is 0.304 e. The van der Waals surface area contributed by atoms with Crippen molar-refractivity contribution in [1.29, 1.82) is 0 Å². The van der Waals surface area contributed by atoms with Crippen LogP contribution in [-0.2, 0) is 6.42 Å². The van der Waals surface area contributed by atoms with Crippen molar-refractivity contribution in [1.82, 2.24) is 19.7 Å². The third-order valence-corrected chi connectivity index (χ3v) is 5.31. The van der Waals surface area contributed by atoms with Crippen molar-refractivity contribution < 1.29 is 0 Å². The first-order valence-corrected chi connectivity index (χ1v) is 8.25. The van der Waals surface area contributed by atoms with E-state index in [1.165, 1.54) is 56.7 Å². The van der Waals surface area contributed by atoms with E-state index < -0.39 is 0 Å². The summed E-state index contributed by atoms with van der Waals surface area (Å²) in [6, 6.07) is 4.80. The number of rotatable bonds is 3. The van der Waals surface area contributed by atoms with Gasteiger partial charge in [-0.1, -0.05) is 6.07 Å². The molecule has 0 aromatic carbocycles. The molecule has 2 aliphatic rings. The summed E-state index contributed by atoms with van der Waals surface area (Å²) in [7, 11) is 4.49. The number of aromatic nitrogens is 1. The Morgan fingerprint density at radius 3 is 2.81 bits per heavy atom. The van der Waals surface area contributed by atoms with E-state index in [0.717, 1.165) is 0 Å². The van der Waals surface area contributed by atoms with Crippen molar-refractivity contribution >= 4 is 0 Å². The van der Waals surface area contributed by atoms with Crippen molar-refractivity contribution in [3.63, 3.8) is 0 Å². The highest BCUT2D eigenvalue weighted by molar-refractivity contribution is 5.25. The number of likely N-dealkylation sites (N-methyl/N-ethyl adjacent to an activating group) is 1. The fourth-order valence-electron chi connectivity index (χ4n) is 3.69. The molecule has 1 aromatic heterocycles. The van der Waals surface area contributed by atoms with Gasteiger partial charge in [0.05, 0.1) is 17.9 Å². The molecule has 4 nitrogen and oxygen atoms in total. The standard InChI is InChI=1S/C17H28N4/c1-14(21-12-10-19(2)11-13-21)20(3)16-8-4-6-15-7-5-9-18-17(15)16/h5,7,9,14,16H,4,6,8,10-13H2,1-3H3. The van der Waals surface area contributed by atoms with E-state index in [0.29, 0.717) is 12.2 Å². The molecule has 2 heterocycles. The molecule has 1 aliphatic carbocycles. The molecule has 0 bridgehead atoms. The Balaban J connectivity index is 1.72. The summed E-state index contributed by atoms with van der Waals surface area (Å²) in [5, 5.41) is 0. The van der Waals surface area contributed by atoms with Crippen LogP contribution >= 0.6 is 0 Å². The van der Waals surface area contributed by atoms with Crippen LogP contribution in [0.15, 0.2) is 18.3 Å². The zero-order valence-electron chi connectivity index (χ0n) is 13.6. The van der Waals surface area contributed by atoms with Gasteiger partial charge < -0.3 is 4.90 Å². The first-order chi connectivity index (χ1) is 10.2. The van der Waals surface area contributed by atoms with Crippen LogP contribution in [0.5, 0.6) is 0 Å². The second-order valence-electron chi connectivity index (χ2n) is 6.59. The van der Waals surface area contributed by atoms with Crippen LogP contribution in [0, 0.1) is 0 Å². The molecular formula is C17H28N4. The minimum atomic E-state index is 0.476. The molecule has 1 saturated heterocycles. The van der Waals surface area contributed by atoms with Gasteiger partial charge in [-0.05, 0) is 51.9 Å². The molecule has 1 fully saturated rings. The maximum absolute atomic E-state index is 4.69. The van der Waals surface area contributed by atoms with Crippen LogP contribution in [-0.4, -0.2) is 66.1 Å².